The van der Waals surface area contributed by atoms with E-state index in [0.29, 0.717) is 16.8 Å². The summed E-state index contributed by atoms with van der Waals surface area (Å²) in [6, 6.07) is 7.62. The van der Waals surface area contributed by atoms with Crippen molar-refractivity contribution in [3.8, 4) is 5.75 Å². The highest BCUT2D eigenvalue weighted by molar-refractivity contribution is 5.95. The molecule has 5 unspecified atom stereocenters. The van der Waals surface area contributed by atoms with E-state index in [-0.39, 0.29) is 23.5 Å². The largest absolute Gasteiger partial charge is 0.507 e. The summed E-state index contributed by atoms with van der Waals surface area (Å²) in [6.45, 7) is 5.19. The van der Waals surface area contributed by atoms with Crippen molar-refractivity contribution in [1.29, 1.82) is 0 Å². The highest BCUT2D eigenvalue weighted by Gasteiger charge is 2.73. The molecular formula is C26H34N4O7. The van der Waals surface area contributed by atoms with Crippen molar-refractivity contribution >= 4 is 23.5 Å². The number of anilines is 1. The molecule has 9 N–H and O–H groups in total. The van der Waals surface area contributed by atoms with Crippen LogP contribution in [-0.2, 0) is 4.74 Å². The number of primary amides is 1. The van der Waals surface area contributed by atoms with Gasteiger partial charge < -0.3 is 42.2 Å². The molecule has 2 amide bonds. The molecule has 0 aromatic heterocycles. The van der Waals surface area contributed by atoms with Crippen LogP contribution in [0.15, 0.2) is 42.5 Å². The second kappa shape index (κ2) is 10.0. The van der Waals surface area contributed by atoms with Crippen molar-refractivity contribution in [2.75, 3.05) is 11.9 Å². The number of hydrogen-bond acceptors (Lipinski definition) is 9. The van der Waals surface area contributed by atoms with Crippen LogP contribution < -0.4 is 22.1 Å². The summed E-state index contributed by atoms with van der Waals surface area (Å²) in [5.74, 6) is -1.42. The van der Waals surface area contributed by atoms with Gasteiger partial charge in [-0.15, -0.1) is 0 Å². The molecule has 11 heteroatoms. The third-order valence-corrected chi connectivity index (χ3v) is 7.53. The number of esters is 1. The zero-order valence-corrected chi connectivity index (χ0v) is 21.2. The fraction of sp³-hybridized carbons (Fsp3) is 0.423. The number of phenolic OH excluding ortho intramolecular Hbond substituents is 1. The normalized spacial score (nSPS) is 28.9. The minimum Gasteiger partial charge on any atom is -0.507 e. The molecule has 2 aromatic rings. The van der Waals surface area contributed by atoms with E-state index in [1.165, 1.54) is 19.9 Å². The zero-order chi connectivity index (χ0) is 27.8. The number of urea groups is 1. The Morgan fingerprint density at radius 1 is 1.14 bits per heavy atom. The number of nitrogens with two attached hydrogens (primary N) is 2. The van der Waals surface area contributed by atoms with E-state index >= 15 is 0 Å². The van der Waals surface area contributed by atoms with E-state index in [1.807, 2.05) is 0 Å². The number of aliphatic hydroxyl groups is 2. The van der Waals surface area contributed by atoms with Crippen LogP contribution in [-0.4, -0.2) is 68.5 Å². The second-order valence-corrected chi connectivity index (χ2v) is 9.64. The highest BCUT2D eigenvalue weighted by atomic mass is 16.5. The van der Waals surface area contributed by atoms with Gasteiger partial charge in [-0.25, -0.2) is 9.59 Å². The van der Waals surface area contributed by atoms with Crippen molar-refractivity contribution in [3.63, 3.8) is 0 Å². The highest BCUT2D eigenvalue weighted by Crippen LogP contribution is 2.49. The van der Waals surface area contributed by atoms with Crippen molar-refractivity contribution in [1.82, 2.24) is 5.32 Å². The molecule has 0 saturated heterocycles. The Labute approximate surface area is 214 Å². The summed E-state index contributed by atoms with van der Waals surface area (Å²) in [6.07, 6.45) is 0.0601. The average Bonchev–Trinajstić information content (AvgIpc) is 2.94. The molecule has 5 atom stereocenters. The van der Waals surface area contributed by atoms with Gasteiger partial charge in [0.1, 0.15) is 23.5 Å². The summed E-state index contributed by atoms with van der Waals surface area (Å²) in [5.41, 5.74) is 7.06. The molecule has 0 spiro atoms. The van der Waals surface area contributed by atoms with Crippen LogP contribution in [0.1, 0.15) is 53.5 Å². The van der Waals surface area contributed by atoms with Crippen LogP contribution in [0, 0.1) is 6.92 Å². The number of carbonyl (C=O) groups excluding carboxylic acids is 3. The Kier molecular flexibility index (Phi) is 7.54. The van der Waals surface area contributed by atoms with Gasteiger partial charge in [-0.2, -0.15) is 0 Å². The maximum Gasteiger partial charge on any atom is 0.342 e. The number of aromatic hydroxyl groups is 1. The van der Waals surface area contributed by atoms with Crippen LogP contribution in [0.4, 0.5) is 10.5 Å². The van der Waals surface area contributed by atoms with E-state index in [4.69, 9.17) is 16.2 Å². The smallest absolute Gasteiger partial charge is 0.342 e. The molecule has 11 nitrogen and oxygen atoms in total. The van der Waals surface area contributed by atoms with Crippen molar-refractivity contribution < 1.29 is 34.4 Å². The number of hydrogen-bond donors (Lipinski definition) is 7. The lowest BCUT2D eigenvalue weighted by Gasteiger charge is -2.46. The lowest BCUT2D eigenvalue weighted by Crippen LogP contribution is -2.72. The topological polar surface area (TPSA) is 197 Å². The number of aryl methyl sites for hydroxylation is 1. The van der Waals surface area contributed by atoms with Crippen molar-refractivity contribution in [2.45, 2.75) is 62.9 Å². The molecule has 200 valence electrons. The molecule has 37 heavy (non-hydrogen) atoms. The van der Waals surface area contributed by atoms with Crippen LogP contribution >= 0.6 is 0 Å². The molecule has 1 aliphatic rings. The first kappa shape index (κ1) is 27.9. The van der Waals surface area contributed by atoms with Crippen molar-refractivity contribution in [2.24, 2.45) is 11.5 Å². The number of carbonyl (C=O) groups is 3. The third-order valence-electron chi connectivity index (χ3n) is 7.53. The molecule has 0 bridgehead atoms. The maximum atomic E-state index is 12.9. The molecule has 0 aliphatic heterocycles. The van der Waals surface area contributed by atoms with Crippen LogP contribution in [0.25, 0.3) is 0 Å². The number of benzene rings is 2. The Morgan fingerprint density at radius 2 is 1.78 bits per heavy atom. The van der Waals surface area contributed by atoms with Crippen molar-refractivity contribution in [3.05, 3.63) is 59.2 Å². The van der Waals surface area contributed by atoms with Gasteiger partial charge >= 0.3 is 12.0 Å². The summed E-state index contributed by atoms with van der Waals surface area (Å²) in [5, 5.41) is 39.5. The van der Waals surface area contributed by atoms with E-state index in [9.17, 15) is 29.7 Å². The molecular weight excluding hydrogens is 480 g/mol. The summed E-state index contributed by atoms with van der Waals surface area (Å²) < 4.78 is 5.43. The molecule has 0 heterocycles. The molecule has 1 aliphatic carbocycles. The van der Waals surface area contributed by atoms with Gasteiger partial charge in [0.15, 0.2) is 11.4 Å². The fourth-order valence-electron chi connectivity index (χ4n) is 5.30. The Balaban J connectivity index is 2.07. The lowest BCUT2D eigenvalue weighted by molar-refractivity contribution is -0.171. The van der Waals surface area contributed by atoms with E-state index in [2.05, 4.69) is 10.6 Å². The minimum absolute atomic E-state index is 0.0601. The number of nitrogens with one attached hydrogen (secondary N) is 2. The zero-order valence-electron chi connectivity index (χ0n) is 21.2. The standard InChI is InChI=1S/C26H34N4O7/c1-5-25(30-23(28)34)20(27)21(29-17-10-7-9-16(12-17)15(3)31)26(36,24(25,4)35)13-37-22(33)19-14(2)8-6-11-18(19)32/h6-12,20-21,29,32,35-36H,5,13,27H2,1-4H3,(H3,28,30,34). The number of amides is 2. The number of phenols is 1. The first-order valence-electron chi connectivity index (χ1n) is 11.8. The Hall–Kier alpha value is -3.67. The lowest BCUT2D eigenvalue weighted by atomic mass is 9.74. The van der Waals surface area contributed by atoms with Gasteiger partial charge in [0, 0.05) is 11.3 Å². The van der Waals surface area contributed by atoms with Crippen LogP contribution in [0.5, 0.6) is 5.75 Å². The van der Waals surface area contributed by atoms with E-state index in [0.717, 1.165) is 0 Å². The van der Waals surface area contributed by atoms with E-state index in [1.54, 1.807) is 50.2 Å². The van der Waals surface area contributed by atoms with Gasteiger partial charge in [-0.05, 0) is 51.0 Å². The molecule has 1 fully saturated rings. The maximum absolute atomic E-state index is 12.9. The number of ether oxygens (including phenoxy) is 1. The first-order valence-corrected chi connectivity index (χ1v) is 11.8. The second-order valence-electron chi connectivity index (χ2n) is 9.64. The van der Waals surface area contributed by atoms with Crippen LogP contribution in [0.2, 0.25) is 0 Å². The van der Waals surface area contributed by atoms with Gasteiger partial charge in [-0.1, -0.05) is 31.2 Å². The van der Waals surface area contributed by atoms with Crippen LogP contribution in [0.3, 0.4) is 0 Å². The predicted molar refractivity (Wildman–Crippen MR) is 136 cm³/mol. The average molecular weight is 515 g/mol. The number of rotatable bonds is 8. The SMILES string of the molecule is CCC1(NC(N)=O)C(N)C(Nc2cccc(C(C)=O)c2)C(O)(COC(=O)c2c(C)cccc2O)C1(C)O. The number of ketones is 1. The Bertz CT molecular complexity index is 1200. The summed E-state index contributed by atoms with van der Waals surface area (Å²) >= 11 is 0. The predicted octanol–water partition coefficient (Wildman–Crippen LogP) is 1.18. The fourth-order valence-corrected chi connectivity index (χ4v) is 5.30. The minimum atomic E-state index is -2.27. The number of Topliss-reactive ketones (excluding diaryl/α,β-unsaturated/α-hetero) is 1. The summed E-state index contributed by atoms with van der Waals surface area (Å²) in [7, 11) is 0. The monoisotopic (exact) mass is 514 g/mol. The first-order chi connectivity index (χ1) is 17.2. The quantitative estimate of drug-likeness (QED) is 0.200. The van der Waals surface area contributed by atoms with Gasteiger partial charge in [-0.3, -0.25) is 4.79 Å². The molecule has 2 aromatic carbocycles. The van der Waals surface area contributed by atoms with Gasteiger partial charge in [0.2, 0.25) is 0 Å². The van der Waals surface area contributed by atoms with E-state index < -0.39 is 47.4 Å². The van der Waals surface area contributed by atoms with Gasteiger partial charge in [0.05, 0.1) is 17.6 Å². The molecule has 0 radical (unpaired) electrons. The molecule has 3 rings (SSSR count). The Morgan fingerprint density at radius 3 is 2.35 bits per heavy atom. The van der Waals surface area contributed by atoms with Gasteiger partial charge in [0.25, 0.3) is 0 Å². The summed E-state index contributed by atoms with van der Waals surface area (Å²) in [4.78, 5) is 36.8. The molecule has 1 saturated carbocycles. The third kappa shape index (κ3) is 4.61.